The standard InChI is InChI=1S/C14H17NO7S/c1-20-13(16)12-11(9-10-5-3-2-4-6-10)15-14(17)21-7-8-23(18,19)22-12/h2-6,11-12H,7-9H2,1H3,(H,15,17). The Kier molecular flexibility index (Phi) is 5.56. The number of ether oxygens (including phenoxy) is 2. The van der Waals surface area contributed by atoms with Crippen LogP contribution in [0.2, 0.25) is 0 Å². The molecule has 126 valence electrons. The molecule has 0 saturated carbocycles. The predicted molar refractivity (Wildman–Crippen MR) is 79.1 cm³/mol. The van der Waals surface area contributed by atoms with E-state index < -0.39 is 40.1 Å². The number of esters is 1. The van der Waals surface area contributed by atoms with E-state index in [0.717, 1.165) is 12.7 Å². The van der Waals surface area contributed by atoms with E-state index in [-0.39, 0.29) is 13.0 Å². The lowest BCUT2D eigenvalue weighted by Gasteiger charge is -2.24. The first-order valence-electron chi connectivity index (χ1n) is 6.87. The van der Waals surface area contributed by atoms with Crippen LogP contribution in [-0.4, -0.2) is 52.1 Å². The van der Waals surface area contributed by atoms with Gasteiger partial charge in [0, 0.05) is 0 Å². The summed E-state index contributed by atoms with van der Waals surface area (Å²) in [6.45, 7) is -0.361. The summed E-state index contributed by atoms with van der Waals surface area (Å²) in [7, 11) is -2.92. The van der Waals surface area contributed by atoms with Crippen molar-refractivity contribution in [1.29, 1.82) is 0 Å². The van der Waals surface area contributed by atoms with Gasteiger partial charge in [-0.2, -0.15) is 8.42 Å². The lowest BCUT2D eigenvalue weighted by Crippen LogP contribution is -2.50. The van der Waals surface area contributed by atoms with Crippen LogP contribution in [0.15, 0.2) is 30.3 Å². The molecule has 1 amide bonds. The van der Waals surface area contributed by atoms with E-state index in [0.29, 0.717) is 0 Å². The molecule has 1 aliphatic rings. The predicted octanol–water partition coefficient (Wildman–Crippen LogP) is 0.226. The van der Waals surface area contributed by atoms with Crippen molar-refractivity contribution in [1.82, 2.24) is 5.32 Å². The van der Waals surface area contributed by atoms with Crippen molar-refractivity contribution in [3.05, 3.63) is 35.9 Å². The molecule has 23 heavy (non-hydrogen) atoms. The second-order valence-corrected chi connectivity index (χ2v) is 6.59. The Hall–Kier alpha value is -2.13. The highest BCUT2D eigenvalue weighted by Crippen LogP contribution is 2.15. The normalized spacial score (nSPS) is 24.3. The van der Waals surface area contributed by atoms with Gasteiger partial charge in [-0.05, 0) is 12.0 Å². The molecule has 0 aromatic heterocycles. The molecule has 1 fully saturated rings. The second kappa shape index (κ2) is 7.42. The number of benzene rings is 1. The summed E-state index contributed by atoms with van der Waals surface area (Å²) < 4.78 is 38.0. The first-order valence-corrected chi connectivity index (χ1v) is 8.45. The number of nitrogens with one attached hydrogen (secondary N) is 1. The summed E-state index contributed by atoms with van der Waals surface area (Å²) in [4.78, 5) is 23.7. The minimum Gasteiger partial charge on any atom is -0.467 e. The Morgan fingerprint density at radius 1 is 1.35 bits per heavy atom. The minimum atomic E-state index is -4.04. The van der Waals surface area contributed by atoms with Crippen molar-refractivity contribution >= 4 is 22.2 Å². The summed E-state index contributed by atoms with van der Waals surface area (Å²) in [5, 5.41) is 2.46. The van der Waals surface area contributed by atoms with Gasteiger partial charge in [0.05, 0.1) is 13.2 Å². The number of carbonyl (C=O) groups excluding carboxylic acids is 2. The van der Waals surface area contributed by atoms with Gasteiger partial charge in [-0.15, -0.1) is 0 Å². The molecule has 1 aromatic carbocycles. The molecule has 1 N–H and O–H groups in total. The number of hydrogen-bond donors (Lipinski definition) is 1. The molecule has 2 atom stereocenters. The van der Waals surface area contributed by atoms with Gasteiger partial charge in [0.2, 0.25) is 0 Å². The molecule has 1 aromatic rings. The van der Waals surface area contributed by atoms with Gasteiger partial charge in [-0.3, -0.25) is 4.18 Å². The van der Waals surface area contributed by atoms with E-state index in [1.807, 2.05) is 6.07 Å². The highest BCUT2D eigenvalue weighted by atomic mass is 32.2. The fraction of sp³-hybridized carbons (Fsp3) is 0.429. The van der Waals surface area contributed by atoms with Crippen molar-refractivity contribution in [3.63, 3.8) is 0 Å². The van der Waals surface area contributed by atoms with Crippen molar-refractivity contribution in [2.24, 2.45) is 0 Å². The molecule has 0 radical (unpaired) electrons. The molecular weight excluding hydrogens is 326 g/mol. The van der Waals surface area contributed by atoms with Crippen LogP contribution >= 0.6 is 0 Å². The van der Waals surface area contributed by atoms with E-state index in [4.69, 9.17) is 8.92 Å². The average Bonchev–Trinajstić information content (AvgIpc) is 2.56. The zero-order chi connectivity index (χ0) is 16.9. The van der Waals surface area contributed by atoms with E-state index in [2.05, 4.69) is 10.1 Å². The maximum absolute atomic E-state index is 11.9. The van der Waals surface area contributed by atoms with Crippen molar-refractivity contribution in [2.45, 2.75) is 18.6 Å². The molecule has 2 rings (SSSR count). The first-order chi connectivity index (χ1) is 10.9. The summed E-state index contributed by atoms with van der Waals surface area (Å²) in [5.74, 6) is -1.43. The third-order valence-corrected chi connectivity index (χ3v) is 4.38. The van der Waals surface area contributed by atoms with Crippen molar-refractivity contribution in [2.75, 3.05) is 19.5 Å². The Balaban J connectivity index is 2.33. The molecule has 2 unspecified atom stereocenters. The van der Waals surface area contributed by atoms with E-state index in [9.17, 15) is 18.0 Å². The lowest BCUT2D eigenvalue weighted by molar-refractivity contribution is -0.149. The van der Waals surface area contributed by atoms with E-state index >= 15 is 0 Å². The number of cyclic esters (lactones) is 1. The topological polar surface area (TPSA) is 108 Å². The van der Waals surface area contributed by atoms with Crippen LogP contribution in [0.3, 0.4) is 0 Å². The van der Waals surface area contributed by atoms with E-state index in [1.54, 1.807) is 24.3 Å². The Morgan fingerprint density at radius 3 is 2.70 bits per heavy atom. The van der Waals surface area contributed by atoms with E-state index in [1.165, 1.54) is 0 Å². The molecule has 8 nitrogen and oxygen atoms in total. The Labute approximate surface area is 133 Å². The number of carbonyl (C=O) groups is 2. The summed E-state index contributed by atoms with van der Waals surface area (Å²) >= 11 is 0. The minimum absolute atomic E-state index is 0.172. The first kappa shape index (κ1) is 17.2. The zero-order valence-corrected chi connectivity index (χ0v) is 13.2. The van der Waals surface area contributed by atoms with Crippen LogP contribution in [0.25, 0.3) is 0 Å². The number of methoxy groups -OCH3 is 1. The Bertz CT molecular complexity index is 659. The lowest BCUT2D eigenvalue weighted by atomic mass is 10.0. The average molecular weight is 343 g/mol. The Morgan fingerprint density at radius 2 is 2.04 bits per heavy atom. The van der Waals surface area contributed by atoms with Gasteiger partial charge < -0.3 is 14.8 Å². The fourth-order valence-corrected chi connectivity index (χ4v) is 3.04. The molecule has 0 aliphatic carbocycles. The highest BCUT2D eigenvalue weighted by molar-refractivity contribution is 7.86. The van der Waals surface area contributed by atoms with Gasteiger partial charge in [-0.1, -0.05) is 30.3 Å². The summed E-state index contributed by atoms with van der Waals surface area (Å²) in [6, 6.07) is 7.99. The quantitative estimate of drug-likeness (QED) is 0.618. The van der Waals surface area contributed by atoms with Crippen LogP contribution in [-0.2, 0) is 35.0 Å². The monoisotopic (exact) mass is 343 g/mol. The van der Waals surface area contributed by atoms with Crippen LogP contribution in [0.1, 0.15) is 5.56 Å². The number of hydrogen-bond acceptors (Lipinski definition) is 7. The van der Waals surface area contributed by atoms with Crippen LogP contribution < -0.4 is 5.32 Å². The van der Waals surface area contributed by atoms with Crippen LogP contribution in [0, 0.1) is 0 Å². The fourth-order valence-electron chi connectivity index (χ4n) is 2.12. The van der Waals surface area contributed by atoms with Gasteiger partial charge >= 0.3 is 12.1 Å². The molecule has 0 bridgehead atoms. The molecular formula is C14H17NO7S. The molecule has 9 heteroatoms. The summed E-state index contributed by atoms with van der Waals surface area (Å²) in [5.41, 5.74) is 0.784. The SMILES string of the molecule is COC(=O)C1OS(=O)(=O)CCOC(=O)NC1Cc1ccccc1. The maximum atomic E-state index is 11.9. The summed E-state index contributed by atoms with van der Waals surface area (Å²) in [6.07, 6.45) is -2.14. The number of rotatable bonds is 3. The maximum Gasteiger partial charge on any atom is 0.407 e. The molecule has 1 saturated heterocycles. The highest BCUT2D eigenvalue weighted by Gasteiger charge is 2.37. The molecule has 1 aliphatic heterocycles. The largest absolute Gasteiger partial charge is 0.467 e. The van der Waals surface area contributed by atoms with Gasteiger partial charge in [-0.25, -0.2) is 9.59 Å². The van der Waals surface area contributed by atoms with Crippen molar-refractivity contribution in [3.8, 4) is 0 Å². The smallest absolute Gasteiger partial charge is 0.407 e. The van der Waals surface area contributed by atoms with Gasteiger partial charge in [0.25, 0.3) is 10.1 Å². The third-order valence-electron chi connectivity index (χ3n) is 3.22. The van der Waals surface area contributed by atoms with Crippen LogP contribution in [0.4, 0.5) is 4.79 Å². The van der Waals surface area contributed by atoms with Crippen LogP contribution in [0.5, 0.6) is 0 Å². The number of alkyl carbamates (subject to hydrolysis) is 1. The molecule has 0 spiro atoms. The van der Waals surface area contributed by atoms with Gasteiger partial charge in [0.1, 0.15) is 12.4 Å². The third kappa shape index (κ3) is 4.93. The second-order valence-electron chi connectivity index (χ2n) is 4.88. The van der Waals surface area contributed by atoms with Gasteiger partial charge in [0.15, 0.2) is 6.10 Å². The number of amides is 1. The van der Waals surface area contributed by atoms with Crippen molar-refractivity contribution < 1.29 is 31.7 Å². The zero-order valence-electron chi connectivity index (χ0n) is 12.4. The molecule has 1 heterocycles.